The van der Waals surface area contributed by atoms with E-state index in [1.807, 2.05) is 0 Å². The molecule has 1 atom stereocenters. The Bertz CT molecular complexity index is 1250. The molecule has 5 N–H and O–H groups in total. The zero-order valence-corrected chi connectivity index (χ0v) is 16.3. The molecule has 0 radical (unpaired) electrons. The number of hydrogen-bond acceptors (Lipinski definition) is 7. The van der Waals surface area contributed by atoms with Gasteiger partial charge in [-0.1, -0.05) is 0 Å². The second-order valence-corrected chi connectivity index (χ2v) is 6.99. The Hall–Kier alpha value is -3.94. The predicted octanol–water partition coefficient (Wildman–Crippen LogP) is 2.67. The molecule has 1 unspecified atom stereocenters. The highest BCUT2D eigenvalue weighted by molar-refractivity contribution is 5.96. The Morgan fingerprint density at radius 2 is 2.03 bits per heavy atom. The third-order valence-electron chi connectivity index (χ3n) is 4.79. The van der Waals surface area contributed by atoms with Crippen molar-refractivity contribution in [3.8, 4) is 11.5 Å². The Morgan fingerprint density at radius 1 is 1.33 bits per heavy atom. The number of amides is 1. The van der Waals surface area contributed by atoms with E-state index in [-0.39, 0.29) is 24.0 Å². The number of rotatable bonds is 5. The first-order chi connectivity index (χ1) is 15.5. The van der Waals surface area contributed by atoms with E-state index in [0.29, 0.717) is 6.20 Å². The first kappa shape index (κ1) is 22.3. The van der Waals surface area contributed by atoms with E-state index >= 15 is 0 Å². The lowest BCUT2D eigenvalue weighted by Gasteiger charge is -2.15. The number of primary amides is 1. The number of nitrogens with zero attached hydrogens (tertiary/aromatic N) is 2. The van der Waals surface area contributed by atoms with Gasteiger partial charge in [-0.2, -0.15) is 13.2 Å². The van der Waals surface area contributed by atoms with Crippen molar-refractivity contribution in [1.29, 1.82) is 0 Å². The molecular formula is C19H14F5N5O4. The van der Waals surface area contributed by atoms with Gasteiger partial charge in [0.25, 0.3) is 11.9 Å². The third kappa shape index (κ3) is 4.00. The van der Waals surface area contributed by atoms with Crippen molar-refractivity contribution in [3.63, 3.8) is 0 Å². The second-order valence-electron chi connectivity index (χ2n) is 6.99. The van der Waals surface area contributed by atoms with Gasteiger partial charge < -0.3 is 30.6 Å². The number of amidine groups is 1. The Kier molecular flexibility index (Phi) is 5.32. The number of carbonyl (C=O) groups excluding carboxylic acids is 1. The van der Waals surface area contributed by atoms with Crippen LogP contribution >= 0.6 is 0 Å². The fourth-order valence-corrected chi connectivity index (χ4v) is 3.09. The Morgan fingerprint density at radius 3 is 2.61 bits per heavy atom. The summed E-state index contributed by atoms with van der Waals surface area (Å²) in [5.41, 5.74) is 1.94. The molecule has 1 aliphatic heterocycles. The van der Waals surface area contributed by atoms with Crippen LogP contribution in [0.1, 0.15) is 5.56 Å². The average molecular weight is 471 g/mol. The molecule has 1 aromatic carbocycles. The number of pyridine rings is 1. The van der Waals surface area contributed by atoms with E-state index in [1.54, 1.807) is 0 Å². The zero-order chi connectivity index (χ0) is 24.0. The van der Waals surface area contributed by atoms with Crippen LogP contribution < -0.4 is 15.8 Å². The maximum atomic E-state index is 14.6. The number of aliphatic imine (C=N–C) groups is 1. The van der Waals surface area contributed by atoms with Crippen LogP contribution in [0.15, 0.2) is 35.6 Å². The molecule has 9 nitrogen and oxygen atoms in total. The van der Waals surface area contributed by atoms with Gasteiger partial charge in [-0.3, -0.25) is 4.79 Å². The summed E-state index contributed by atoms with van der Waals surface area (Å²) in [6, 6.07) is 2.25. The van der Waals surface area contributed by atoms with E-state index < -0.39 is 58.3 Å². The molecule has 0 saturated carbocycles. The fraction of sp³-hybridized carbons (Fsp3) is 0.211. The number of nitrogens with two attached hydrogens (primary N) is 1. The largest absolute Gasteiger partial charge is 0.462 e. The van der Waals surface area contributed by atoms with E-state index in [4.69, 9.17) is 15.2 Å². The van der Waals surface area contributed by atoms with Crippen molar-refractivity contribution in [2.45, 2.75) is 11.7 Å². The van der Waals surface area contributed by atoms with E-state index in [2.05, 4.69) is 20.3 Å². The van der Waals surface area contributed by atoms with Gasteiger partial charge in [-0.25, -0.2) is 18.8 Å². The number of anilines is 1. The van der Waals surface area contributed by atoms with Gasteiger partial charge >= 0.3 is 6.18 Å². The maximum absolute atomic E-state index is 14.6. The highest BCUT2D eigenvalue weighted by atomic mass is 19.4. The van der Waals surface area contributed by atoms with Gasteiger partial charge in [-0.15, -0.1) is 0 Å². The zero-order valence-electron chi connectivity index (χ0n) is 16.3. The van der Waals surface area contributed by atoms with Crippen LogP contribution in [-0.2, 0) is 15.7 Å². The SMILES string of the molecule is NC(=O)C1(CO)COC(Nc2cc(F)c(Oc3ccnc4[nH]cc(C(F)(F)F)c34)c(F)c2)=N1. The number of aliphatic hydroxyl groups is 1. The van der Waals surface area contributed by atoms with Crippen LogP contribution in [0.3, 0.4) is 0 Å². The number of fused-ring (bicyclic) bond motifs is 1. The first-order valence-corrected chi connectivity index (χ1v) is 9.15. The molecule has 174 valence electrons. The van der Waals surface area contributed by atoms with Gasteiger partial charge in [0.1, 0.15) is 18.0 Å². The summed E-state index contributed by atoms with van der Waals surface area (Å²) < 4.78 is 79.4. The number of carbonyl (C=O) groups is 1. The molecular weight excluding hydrogens is 457 g/mol. The monoisotopic (exact) mass is 471 g/mol. The Labute approximate surface area is 181 Å². The van der Waals surface area contributed by atoms with Crippen LogP contribution in [0.25, 0.3) is 11.0 Å². The highest BCUT2D eigenvalue weighted by Crippen LogP contribution is 2.41. The normalized spacial score (nSPS) is 18.2. The lowest BCUT2D eigenvalue weighted by Crippen LogP contribution is -2.46. The van der Waals surface area contributed by atoms with E-state index in [9.17, 15) is 31.9 Å². The Balaban J connectivity index is 1.64. The van der Waals surface area contributed by atoms with Crippen LogP contribution in [0, 0.1) is 11.6 Å². The molecule has 2 aromatic heterocycles. The number of aliphatic hydroxyl groups excluding tert-OH is 1. The topological polar surface area (TPSA) is 135 Å². The quantitative estimate of drug-likeness (QED) is 0.423. The molecule has 3 heterocycles. The smallest absolute Gasteiger partial charge is 0.418 e. The van der Waals surface area contributed by atoms with E-state index in [1.165, 1.54) is 0 Å². The van der Waals surface area contributed by atoms with Crippen molar-refractivity contribution in [3.05, 3.63) is 47.8 Å². The molecule has 0 bridgehead atoms. The molecule has 4 rings (SSSR count). The van der Waals surface area contributed by atoms with Crippen molar-refractivity contribution in [1.82, 2.24) is 9.97 Å². The summed E-state index contributed by atoms with van der Waals surface area (Å²) in [6.45, 7) is -1.13. The number of aromatic amines is 1. The van der Waals surface area contributed by atoms with Crippen molar-refractivity contribution < 1.29 is 41.3 Å². The summed E-state index contributed by atoms with van der Waals surface area (Å²) in [6.07, 6.45) is -2.98. The summed E-state index contributed by atoms with van der Waals surface area (Å²) in [4.78, 5) is 21.4. The molecule has 3 aromatic rings. The molecule has 14 heteroatoms. The number of alkyl halides is 3. The van der Waals surface area contributed by atoms with Gasteiger partial charge in [0.2, 0.25) is 5.54 Å². The molecule has 0 spiro atoms. The first-order valence-electron chi connectivity index (χ1n) is 9.15. The number of nitrogens with one attached hydrogen (secondary N) is 2. The van der Waals surface area contributed by atoms with Crippen molar-refractivity contribution in [2.75, 3.05) is 18.5 Å². The van der Waals surface area contributed by atoms with Crippen LogP contribution in [0.4, 0.5) is 27.6 Å². The number of aromatic nitrogens is 2. The van der Waals surface area contributed by atoms with Gasteiger partial charge in [-0.05, 0) is 6.07 Å². The predicted molar refractivity (Wildman–Crippen MR) is 104 cm³/mol. The van der Waals surface area contributed by atoms with E-state index in [0.717, 1.165) is 24.4 Å². The molecule has 0 saturated heterocycles. The number of benzene rings is 1. The lowest BCUT2D eigenvalue weighted by molar-refractivity contribution is -0.136. The molecule has 33 heavy (non-hydrogen) atoms. The molecule has 0 aliphatic carbocycles. The average Bonchev–Trinajstić information content (AvgIpc) is 3.36. The number of H-pyrrole nitrogens is 1. The summed E-state index contributed by atoms with van der Waals surface area (Å²) in [7, 11) is 0. The van der Waals surface area contributed by atoms with Gasteiger partial charge in [0, 0.05) is 30.2 Å². The minimum Gasteiger partial charge on any atom is -0.462 e. The molecule has 1 amide bonds. The highest BCUT2D eigenvalue weighted by Gasteiger charge is 2.42. The van der Waals surface area contributed by atoms with Gasteiger partial charge in [0.15, 0.2) is 17.4 Å². The standard InChI is InChI=1S/C19H14F5N5O4/c20-10-3-8(28-17-29-18(6-30,7-32-17)16(25)31)4-11(21)14(10)33-12-1-2-26-15-13(12)9(5-27-15)19(22,23)24/h1-5,30H,6-7H2,(H2,25,31)(H,26,27)(H,28,29). The fourth-order valence-electron chi connectivity index (χ4n) is 3.09. The minimum atomic E-state index is -4.76. The molecule has 0 fully saturated rings. The van der Waals surface area contributed by atoms with Crippen LogP contribution in [-0.4, -0.2) is 45.8 Å². The minimum absolute atomic E-state index is 0.183. The number of hydrogen-bond donors (Lipinski definition) is 4. The second kappa shape index (κ2) is 7.88. The lowest BCUT2D eigenvalue weighted by atomic mass is 10.0. The summed E-state index contributed by atoms with van der Waals surface area (Å²) >= 11 is 0. The van der Waals surface area contributed by atoms with Crippen LogP contribution in [0.5, 0.6) is 11.5 Å². The maximum Gasteiger partial charge on any atom is 0.418 e. The molecule has 1 aliphatic rings. The van der Waals surface area contributed by atoms with Crippen molar-refractivity contribution in [2.24, 2.45) is 10.7 Å². The van der Waals surface area contributed by atoms with Crippen molar-refractivity contribution >= 4 is 28.6 Å². The number of ether oxygens (including phenoxy) is 2. The number of halogens is 5. The summed E-state index contributed by atoms with van der Waals surface area (Å²) in [5, 5.41) is 11.3. The summed E-state index contributed by atoms with van der Waals surface area (Å²) in [5.74, 6) is -4.90. The van der Waals surface area contributed by atoms with Gasteiger partial charge in [0.05, 0.1) is 17.6 Å². The van der Waals surface area contributed by atoms with Crippen LogP contribution in [0.2, 0.25) is 0 Å². The third-order valence-corrected chi connectivity index (χ3v) is 4.79.